The summed E-state index contributed by atoms with van der Waals surface area (Å²) in [5.74, 6) is 2.09. The molecule has 0 saturated carbocycles. The molecule has 0 spiro atoms. The molecule has 4 heterocycles. The van der Waals surface area contributed by atoms with Crippen molar-refractivity contribution >= 4 is 27.5 Å². The number of nitrogens with zero attached hydrogens (tertiary/aromatic N) is 4. The summed E-state index contributed by atoms with van der Waals surface area (Å²) in [4.78, 5) is 8.69. The van der Waals surface area contributed by atoms with Crippen molar-refractivity contribution in [2.24, 2.45) is 0 Å². The summed E-state index contributed by atoms with van der Waals surface area (Å²) >= 11 is 0. The molecule has 0 N–H and O–H groups in total. The third kappa shape index (κ3) is 3.82. The van der Waals surface area contributed by atoms with Crippen LogP contribution in [-0.2, 0) is 21.1 Å². The predicted molar refractivity (Wildman–Crippen MR) is 138 cm³/mol. The van der Waals surface area contributed by atoms with Crippen molar-refractivity contribution in [3.63, 3.8) is 0 Å². The Bertz CT molecular complexity index is 1670. The van der Waals surface area contributed by atoms with Gasteiger partial charge in [-0.3, -0.25) is 0 Å². The molecule has 0 fully saturated rings. The van der Waals surface area contributed by atoms with Crippen LogP contribution in [0.15, 0.2) is 115 Å². The zero-order valence-electron chi connectivity index (χ0n) is 19.0. The van der Waals surface area contributed by atoms with Gasteiger partial charge < -0.3 is 19.1 Å². The third-order valence-electron chi connectivity index (χ3n) is 6.13. The van der Waals surface area contributed by atoms with Crippen molar-refractivity contribution in [2.75, 3.05) is 4.90 Å². The van der Waals surface area contributed by atoms with E-state index in [1.165, 1.54) is 0 Å². The van der Waals surface area contributed by atoms with Gasteiger partial charge >= 0.3 is 0 Å². The number of hydrogen-bond acceptors (Lipinski definition) is 4. The summed E-state index contributed by atoms with van der Waals surface area (Å²) in [5.41, 5.74) is 4.01. The number of aromatic nitrogens is 2. The van der Waals surface area contributed by atoms with E-state index in [9.17, 15) is 0 Å². The van der Waals surface area contributed by atoms with Gasteiger partial charge in [0, 0.05) is 50.0 Å². The molecule has 5 nitrogen and oxygen atoms in total. The maximum atomic E-state index is 6.24. The smallest absolute Gasteiger partial charge is 0.135 e. The van der Waals surface area contributed by atoms with Gasteiger partial charge in [-0.05, 0) is 48.1 Å². The minimum Gasteiger partial charge on any atom is -0.509 e. The molecule has 0 bridgehead atoms. The van der Waals surface area contributed by atoms with Gasteiger partial charge in [-0.25, -0.2) is 4.98 Å². The van der Waals surface area contributed by atoms with Gasteiger partial charge in [-0.2, -0.15) is 12.1 Å². The van der Waals surface area contributed by atoms with E-state index in [0.29, 0.717) is 11.5 Å². The molecule has 178 valence electrons. The summed E-state index contributed by atoms with van der Waals surface area (Å²) < 4.78 is 8.37. The molecule has 0 atom stereocenters. The molecule has 5 aromatic rings. The van der Waals surface area contributed by atoms with Gasteiger partial charge in [0.05, 0.1) is 0 Å². The second kappa shape index (κ2) is 9.18. The standard InChI is InChI=1S/C30H19N4O.Pt/c1-2-12-28-26(11-1)27-15-14-25(19-29(27)34(28)30-13-3-5-16-31-30)35-24-10-7-9-22(18-24)33-20-23-8-4-6-17-32(23)21-33;/h1-17,20-21H;/q-3;. The number of anilines is 1. The Balaban J connectivity index is 0.00000240. The second-order valence-corrected chi connectivity index (χ2v) is 8.31. The Morgan fingerprint density at radius 3 is 2.56 bits per heavy atom. The van der Waals surface area contributed by atoms with Gasteiger partial charge in [0.25, 0.3) is 0 Å². The van der Waals surface area contributed by atoms with Gasteiger partial charge in [-0.1, -0.05) is 35.9 Å². The van der Waals surface area contributed by atoms with E-state index in [1.807, 2.05) is 78.5 Å². The molecule has 0 aliphatic carbocycles. The maximum absolute atomic E-state index is 6.24. The zero-order valence-corrected chi connectivity index (χ0v) is 21.3. The first-order valence-electron chi connectivity index (χ1n) is 11.4. The quantitative estimate of drug-likeness (QED) is 0.203. The van der Waals surface area contributed by atoms with E-state index in [1.54, 1.807) is 6.20 Å². The van der Waals surface area contributed by atoms with Crippen LogP contribution in [0.4, 0.5) is 5.69 Å². The predicted octanol–water partition coefficient (Wildman–Crippen LogP) is 6.74. The first kappa shape index (κ1) is 22.4. The van der Waals surface area contributed by atoms with Gasteiger partial charge in [0.2, 0.25) is 0 Å². The van der Waals surface area contributed by atoms with Crippen LogP contribution >= 0.6 is 0 Å². The normalized spacial score (nSPS) is 14.2. The van der Waals surface area contributed by atoms with Crippen LogP contribution in [0.1, 0.15) is 0 Å². The average Bonchev–Trinajstić information content (AvgIpc) is 3.49. The summed E-state index contributed by atoms with van der Waals surface area (Å²) in [5, 5.41) is 2.26. The van der Waals surface area contributed by atoms with E-state index in [2.05, 4.69) is 63.1 Å². The van der Waals surface area contributed by atoms with Gasteiger partial charge in [0.1, 0.15) is 5.82 Å². The fourth-order valence-electron chi connectivity index (χ4n) is 4.55. The Morgan fingerprint density at radius 1 is 0.778 bits per heavy atom. The van der Waals surface area contributed by atoms with Crippen molar-refractivity contribution < 1.29 is 25.8 Å². The average molecular weight is 647 g/mol. The van der Waals surface area contributed by atoms with Crippen LogP contribution in [0.3, 0.4) is 0 Å². The molecule has 36 heavy (non-hydrogen) atoms. The monoisotopic (exact) mass is 646 g/mol. The van der Waals surface area contributed by atoms with E-state index in [0.717, 1.165) is 39.0 Å². The molecular formula is C30H19N4OPt-3. The molecule has 3 aromatic carbocycles. The van der Waals surface area contributed by atoms with E-state index >= 15 is 0 Å². The van der Waals surface area contributed by atoms with E-state index < -0.39 is 0 Å². The maximum Gasteiger partial charge on any atom is 0.135 e. The summed E-state index contributed by atoms with van der Waals surface area (Å²) in [6.07, 6.45) is 12.0. The number of ether oxygens (including phenoxy) is 1. The molecule has 2 aliphatic rings. The molecule has 7 rings (SSSR count). The fraction of sp³-hybridized carbons (Fsp3) is 0. The molecular weight excluding hydrogens is 627 g/mol. The molecule has 6 heteroatoms. The van der Waals surface area contributed by atoms with E-state index in [4.69, 9.17) is 4.74 Å². The summed E-state index contributed by atoms with van der Waals surface area (Å²) in [6, 6.07) is 31.0. The number of para-hydroxylation sites is 1. The van der Waals surface area contributed by atoms with Crippen molar-refractivity contribution in [1.82, 2.24) is 14.5 Å². The minimum atomic E-state index is 0. The van der Waals surface area contributed by atoms with Gasteiger partial charge in [0.15, 0.2) is 0 Å². The summed E-state index contributed by atoms with van der Waals surface area (Å²) in [7, 11) is 0. The minimum absolute atomic E-state index is 0. The van der Waals surface area contributed by atoms with Crippen LogP contribution in [0, 0.1) is 18.8 Å². The van der Waals surface area contributed by atoms with Crippen molar-refractivity contribution in [2.45, 2.75) is 0 Å². The molecule has 2 aromatic heterocycles. The Labute approximate surface area is 223 Å². The number of pyridine rings is 1. The number of rotatable bonds is 4. The summed E-state index contributed by atoms with van der Waals surface area (Å²) in [6.45, 7) is 2.02. The number of benzene rings is 3. The Morgan fingerprint density at radius 2 is 1.67 bits per heavy atom. The Hall–Kier alpha value is -4.08. The van der Waals surface area contributed by atoms with Crippen LogP contribution < -0.4 is 9.64 Å². The topological polar surface area (TPSA) is 33.5 Å². The molecule has 0 saturated heterocycles. The van der Waals surface area contributed by atoms with Crippen LogP contribution in [-0.4, -0.2) is 14.5 Å². The van der Waals surface area contributed by atoms with E-state index in [-0.39, 0.29) is 21.1 Å². The van der Waals surface area contributed by atoms with Crippen molar-refractivity contribution in [1.29, 1.82) is 0 Å². The molecule has 0 amide bonds. The number of hydrogen-bond donors (Lipinski definition) is 0. The molecule has 0 radical (unpaired) electrons. The zero-order chi connectivity index (χ0) is 23.2. The van der Waals surface area contributed by atoms with Crippen LogP contribution in [0.2, 0.25) is 0 Å². The first-order valence-corrected chi connectivity index (χ1v) is 11.4. The number of fused-ring (bicyclic) bond motifs is 4. The van der Waals surface area contributed by atoms with Crippen molar-refractivity contribution in [3.8, 4) is 17.3 Å². The number of allylic oxidation sites excluding steroid dienone is 3. The van der Waals surface area contributed by atoms with Crippen molar-refractivity contribution in [3.05, 3.63) is 134 Å². The third-order valence-corrected chi connectivity index (χ3v) is 6.13. The molecule has 0 unspecified atom stereocenters. The Kier molecular flexibility index (Phi) is 5.71. The van der Waals surface area contributed by atoms with Crippen LogP contribution in [0.5, 0.6) is 11.5 Å². The van der Waals surface area contributed by atoms with Crippen LogP contribution in [0.25, 0.3) is 27.6 Å². The SMILES string of the molecule is [Pt].[c-]1c(Oc2[c-]c3c(cc2)c2ccccc2n3-c2ccccn2)cccc1N1C=C2C=CC=CN2[CH-]1. The second-order valence-electron chi connectivity index (χ2n) is 8.31. The van der Waals surface area contributed by atoms with Gasteiger partial charge in [-0.15, -0.1) is 48.1 Å². The molecule has 2 aliphatic heterocycles. The largest absolute Gasteiger partial charge is 0.509 e. The fourth-order valence-corrected chi connectivity index (χ4v) is 4.55. The first-order chi connectivity index (χ1) is 17.3.